The molecule has 2 aromatic rings. The summed E-state index contributed by atoms with van der Waals surface area (Å²) in [4.78, 5) is 14.6. The molecule has 4 heteroatoms. The molecule has 0 saturated heterocycles. The van der Waals surface area contributed by atoms with Crippen molar-refractivity contribution < 1.29 is 4.79 Å². The number of likely N-dealkylation sites (N-methyl/N-ethyl adjacent to an activating group) is 1. The van der Waals surface area contributed by atoms with Crippen LogP contribution in [0.4, 0.5) is 0 Å². The minimum Gasteiger partial charge on any atom is -0.350 e. The van der Waals surface area contributed by atoms with Crippen molar-refractivity contribution in [3.05, 3.63) is 70.8 Å². The second kappa shape index (κ2) is 7.90. The Bertz CT molecular complexity index is 650. The molecule has 0 spiro atoms. The summed E-state index contributed by atoms with van der Waals surface area (Å²) in [6.07, 6.45) is 0. The number of rotatable bonds is 6. The van der Waals surface area contributed by atoms with Crippen LogP contribution in [0.5, 0.6) is 0 Å². The number of nitrogens with two attached hydrogens (primary N) is 1. The number of hydrogen-bond donors (Lipinski definition) is 2. The maximum Gasteiger partial charge on any atom is 0.242 e. The van der Waals surface area contributed by atoms with E-state index in [2.05, 4.69) is 11.4 Å². The quantitative estimate of drug-likeness (QED) is 0.861. The highest BCUT2D eigenvalue weighted by molar-refractivity contribution is 5.83. The van der Waals surface area contributed by atoms with Gasteiger partial charge in [-0.1, -0.05) is 54.1 Å². The van der Waals surface area contributed by atoms with E-state index in [4.69, 9.17) is 5.73 Å². The minimum atomic E-state index is -0.293. The summed E-state index contributed by atoms with van der Waals surface area (Å²) in [6, 6.07) is 15.8. The minimum absolute atomic E-state index is 0.00324. The van der Waals surface area contributed by atoms with E-state index in [-0.39, 0.29) is 11.9 Å². The molecule has 0 saturated carbocycles. The third-order valence-electron chi connectivity index (χ3n) is 3.85. The first-order chi connectivity index (χ1) is 11.0. The van der Waals surface area contributed by atoms with Crippen LogP contribution in [0.25, 0.3) is 0 Å². The number of hydrogen-bond acceptors (Lipinski definition) is 3. The van der Waals surface area contributed by atoms with Gasteiger partial charge in [0.2, 0.25) is 5.91 Å². The summed E-state index contributed by atoms with van der Waals surface area (Å²) in [7, 11) is 3.84. The molecule has 0 aliphatic carbocycles. The van der Waals surface area contributed by atoms with Crippen LogP contribution in [0.1, 0.15) is 28.3 Å². The molecular weight excluding hydrogens is 286 g/mol. The van der Waals surface area contributed by atoms with Gasteiger partial charge in [0, 0.05) is 13.1 Å². The second-order valence-corrected chi connectivity index (χ2v) is 6.02. The predicted octanol–water partition coefficient (Wildman–Crippen LogP) is 2.37. The number of aryl methyl sites for hydroxylation is 1. The molecule has 0 aromatic heterocycles. The number of benzene rings is 2. The molecular formula is C19H25N3O. The smallest absolute Gasteiger partial charge is 0.242 e. The largest absolute Gasteiger partial charge is 0.350 e. The first-order valence-electron chi connectivity index (χ1n) is 7.80. The Hall–Kier alpha value is -2.17. The van der Waals surface area contributed by atoms with Crippen LogP contribution in [-0.4, -0.2) is 24.9 Å². The van der Waals surface area contributed by atoms with Gasteiger partial charge in [-0.2, -0.15) is 0 Å². The van der Waals surface area contributed by atoms with Gasteiger partial charge in [0.15, 0.2) is 0 Å². The van der Waals surface area contributed by atoms with Crippen molar-refractivity contribution in [2.45, 2.75) is 26.1 Å². The zero-order chi connectivity index (χ0) is 16.8. The van der Waals surface area contributed by atoms with Gasteiger partial charge in [-0.3, -0.25) is 9.69 Å². The number of nitrogens with zero attached hydrogens (tertiary/aromatic N) is 1. The lowest BCUT2D eigenvalue weighted by Gasteiger charge is -2.24. The van der Waals surface area contributed by atoms with Crippen LogP contribution in [0.15, 0.2) is 48.5 Å². The monoisotopic (exact) mass is 311 g/mol. The summed E-state index contributed by atoms with van der Waals surface area (Å²) < 4.78 is 0. The third-order valence-corrected chi connectivity index (χ3v) is 3.85. The van der Waals surface area contributed by atoms with Crippen molar-refractivity contribution in [2.75, 3.05) is 14.1 Å². The normalized spacial score (nSPS) is 12.2. The predicted molar refractivity (Wildman–Crippen MR) is 93.8 cm³/mol. The van der Waals surface area contributed by atoms with Gasteiger partial charge >= 0.3 is 0 Å². The number of nitrogens with one attached hydrogen (secondary N) is 1. The number of amides is 1. The zero-order valence-corrected chi connectivity index (χ0v) is 14.0. The molecule has 0 fully saturated rings. The molecule has 0 aliphatic heterocycles. The molecule has 4 nitrogen and oxygen atoms in total. The molecule has 0 aliphatic rings. The van der Waals surface area contributed by atoms with Crippen molar-refractivity contribution in [1.29, 1.82) is 0 Å². The van der Waals surface area contributed by atoms with Crippen LogP contribution >= 0.6 is 0 Å². The molecule has 1 amide bonds. The molecule has 23 heavy (non-hydrogen) atoms. The lowest BCUT2D eigenvalue weighted by Crippen LogP contribution is -2.36. The Morgan fingerprint density at radius 1 is 1.13 bits per heavy atom. The fraction of sp³-hybridized carbons (Fsp3) is 0.316. The van der Waals surface area contributed by atoms with Crippen LogP contribution in [0.2, 0.25) is 0 Å². The van der Waals surface area contributed by atoms with Gasteiger partial charge < -0.3 is 11.1 Å². The van der Waals surface area contributed by atoms with E-state index in [1.165, 1.54) is 0 Å². The summed E-state index contributed by atoms with van der Waals surface area (Å²) in [5.41, 5.74) is 9.91. The Kier molecular flexibility index (Phi) is 5.90. The SMILES string of the molecule is Cc1cccc(C(C(=O)NCc2ccc(CN)cc2)N(C)C)c1. The molecule has 0 heterocycles. The van der Waals surface area contributed by atoms with Crippen molar-refractivity contribution >= 4 is 5.91 Å². The molecule has 1 atom stereocenters. The fourth-order valence-corrected chi connectivity index (χ4v) is 2.60. The van der Waals surface area contributed by atoms with Gasteiger partial charge in [0.25, 0.3) is 0 Å². The van der Waals surface area contributed by atoms with Crippen LogP contribution in [-0.2, 0) is 17.9 Å². The first kappa shape index (κ1) is 17.2. The summed E-state index contributed by atoms with van der Waals surface area (Å²) >= 11 is 0. The average molecular weight is 311 g/mol. The highest BCUT2D eigenvalue weighted by Gasteiger charge is 2.22. The Labute approximate surface area is 138 Å². The van der Waals surface area contributed by atoms with Crippen LogP contribution in [0.3, 0.4) is 0 Å². The highest BCUT2D eigenvalue weighted by atomic mass is 16.2. The molecule has 3 N–H and O–H groups in total. The maximum absolute atomic E-state index is 12.6. The summed E-state index contributed by atoms with van der Waals surface area (Å²) in [6.45, 7) is 3.08. The molecule has 2 rings (SSSR count). The number of carbonyl (C=O) groups excluding carboxylic acids is 1. The van der Waals surface area contributed by atoms with Gasteiger partial charge in [0.1, 0.15) is 6.04 Å². The van der Waals surface area contributed by atoms with Crippen LogP contribution < -0.4 is 11.1 Å². The topological polar surface area (TPSA) is 58.4 Å². The van der Waals surface area contributed by atoms with E-state index in [0.29, 0.717) is 13.1 Å². The van der Waals surface area contributed by atoms with E-state index in [9.17, 15) is 4.79 Å². The van der Waals surface area contributed by atoms with E-state index < -0.39 is 0 Å². The Morgan fingerprint density at radius 3 is 2.35 bits per heavy atom. The molecule has 122 valence electrons. The maximum atomic E-state index is 12.6. The van der Waals surface area contributed by atoms with Crippen molar-refractivity contribution in [3.63, 3.8) is 0 Å². The van der Waals surface area contributed by atoms with Gasteiger partial charge in [-0.15, -0.1) is 0 Å². The lowest BCUT2D eigenvalue weighted by molar-refractivity contribution is -0.125. The van der Waals surface area contributed by atoms with E-state index in [1.807, 2.05) is 68.4 Å². The van der Waals surface area contributed by atoms with Crippen molar-refractivity contribution in [2.24, 2.45) is 5.73 Å². The zero-order valence-electron chi connectivity index (χ0n) is 14.0. The van der Waals surface area contributed by atoms with Gasteiger partial charge in [-0.05, 0) is 37.7 Å². The lowest BCUT2D eigenvalue weighted by atomic mass is 10.0. The molecule has 0 bridgehead atoms. The Balaban J connectivity index is 2.06. The Morgan fingerprint density at radius 2 is 1.78 bits per heavy atom. The standard InChI is InChI=1S/C19H25N3O/c1-14-5-4-6-17(11-14)18(22(2)3)19(23)21-13-16-9-7-15(12-20)8-10-16/h4-11,18H,12-13,20H2,1-3H3,(H,21,23). The van der Waals surface area contributed by atoms with Gasteiger partial charge in [0.05, 0.1) is 0 Å². The average Bonchev–Trinajstić information content (AvgIpc) is 2.53. The van der Waals surface area contributed by atoms with Crippen molar-refractivity contribution in [1.82, 2.24) is 10.2 Å². The van der Waals surface area contributed by atoms with E-state index in [1.54, 1.807) is 0 Å². The highest BCUT2D eigenvalue weighted by Crippen LogP contribution is 2.19. The molecule has 2 aromatic carbocycles. The fourth-order valence-electron chi connectivity index (χ4n) is 2.60. The second-order valence-electron chi connectivity index (χ2n) is 6.02. The summed E-state index contributed by atoms with van der Waals surface area (Å²) in [5.74, 6) is 0.00324. The van der Waals surface area contributed by atoms with Gasteiger partial charge in [-0.25, -0.2) is 0 Å². The third kappa shape index (κ3) is 4.65. The van der Waals surface area contributed by atoms with E-state index in [0.717, 1.165) is 22.3 Å². The summed E-state index contributed by atoms with van der Waals surface area (Å²) in [5, 5.41) is 3.02. The first-order valence-corrected chi connectivity index (χ1v) is 7.80. The van der Waals surface area contributed by atoms with Crippen molar-refractivity contribution in [3.8, 4) is 0 Å². The number of carbonyl (C=O) groups is 1. The van der Waals surface area contributed by atoms with E-state index >= 15 is 0 Å². The van der Waals surface area contributed by atoms with Crippen LogP contribution in [0, 0.1) is 6.92 Å². The molecule has 0 radical (unpaired) electrons. The molecule has 1 unspecified atom stereocenters.